The summed E-state index contributed by atoms with van der Waals surface area (Å²) in [6.45, 7) is 7.26. The van der Waals surface area contributed by atoms with Crippen LogP contribution < -0.4 is 4.74 Å². The molecule has 1 fully saturated rings. The van der Waals surface area contributed by atoms with Crippen molar-refractivity contribution in [1.82, 2.24) is 14.7 Å². The van der Waals surface area contributed by atoms with Crippen molar-refractivity contribution >= 4 is 22.6 Å². The van der Waals surface area contributed by atoms with Crippen molar-refractivity contribution in [3.8, 4) is 5.75 Å². The highest BCUT2D eigenvalue weighted by Gasteiger charge is 2.33. The van der Waals surface area contributed by atoms with Crippen molar-refractivity contribution in [1.29, 1.82) is 0 Å². The normalized spacial score (nSPS) is 17.6. The number of carbonyl (C=O) groups excluding carboxylic acids is 2. The second-order valence-corrected chi connectivity index (χ2v) is 9.58. The molecule has 36 heavy (non-hydrogen) atoms. The Morgan fingerprint density at radius 2 is 1.44 bits per heavy atom. The first-order valence-electron chi connectivity index (χ1n) is 12.8. The summed E-state index contributed by atoms with van der Waals surface area (Å²) in [4.78, 5) is 32.1. The Kier molecular flexibility index (Phi) is 7.32. The highest BCUT2D eigenvalue weighted by Crippen LogP contribution is 2.29. The second kappa shape index (κ2) is 10.8. The highest BCUT2D eigenvalue weighted by atomic mass is 16.5. The highest BCUT2D eigenvalue weighted by molar-refractivity contribution is 6.25. The van der Waals surface area contributed by atoms with Gasteiger partial charge in [-0.05, 0) is 41.6 Å². The minimum Gasteiger partial charge on any atom is -0.491 e. The van der Waals surface area contributed by atoms with Crippen molar-refractivity contribution in [3.63, 3.8) is 0 Å². The predicted molar refractivity (Wildman–Crippen MR) is 140 cm³/mol. The molecular weight excluding hydrogens is 454 g/mol. The molecule has 2 aliphatic heterocycles. The van der Waals surface area contributed by atoms with E-state index in [2.05, 4.69) is 16.7 Å². The van der Waals surface area contributed by atoms with Crippen LogP contribution in [-0.2, 0) is 6.42 Å². The largest absolute Gasteiger partial charge is 0.491 e. The van der Waals surface area contributed by atoms with E-state index >= 15 is 0 Å². The molecule has 2 amide bonds. The fourth-order valence-corrected chi connectivity index (χ4v) is 5.08. The standard InChI is InChI=1S/C29H33N3O4/c1-2-21-9-11-24(12-10-21)36-20-23(33)19-31-15-13-30(14-16-31)17-18-32-28(34)25-7-3-5-22-6-4-8-26(27(22)25)29(32)35/h3-12,23,33H,2,13-20H2,1H3. The van der Waals surface area contributed by atoms with Crippen molar-refractivity contribution < 1.29 is 19.4 Å². The van der Waals surface area contributed by atoms with Gasteiger partial charge < -0.3 is 9.84 Å². The number of amides is 2. The summed E-state index contributed by atoms with van der Waals surface area (Å²) in [6, 6.07) is 19.2. The van der Waals surface area contributed by atoms with Crippen molar-refractivity contribution in [2.75, 3.05) is 52.4 Å². The fraction of sp³-hybridized carbons (Fsp3) is 0.379. The van der Waals surface area contributed by atoms with Gasteiger partial charge in [-0.25, -0.2) is 0 Å². The summed E-state index contributed by atoms with van der Waals surface area (Å²) >= 11 is 0. The third-order valence-electron chi connectivity index (χ3n) is 7.20. The molecule has 0 radical (unpaired) electrons. The van der Waals surface area contributed by atoms with E-state index in [9.17, 15) is 14.7 Å². The van der Waals surface area contributed by atoms with E-state index in [1.54, 1.807) is 0 Å². The van der Waals surface area contributed by atoms with Gasteiger partial charge in [-0.1, -0.05) is 43.3 Å². The molecule has 5 rings (SSSR count). The van der Waals surface area contributed by atoms with Gasteiger partial charge in [0.15, 0.2) is 0 Å². The van der Waals surface area contributed by atoms with E-state index in [1.165, 1.54) is 10.5 Å². The minimum absolute atomic E-state index is 0.213. The molecule has 0 aromatic heterocycles. The van der Waals surface area contributed by atoms with Gasteiger partial charge in [-0.15, -0.1) is 0 Å². The van der Waals surface area contributed by atoms with Crippen LogP contribution in [0.25, 0.3) is 10.8 Å². The molecule has 0 spiro atoms. The maximum absolute atomic E-state index is 13.1. The van der Waals surface area contributed by atoms with Gasteiger partial charge >= 0.3 is 0 Å². The number of β-amino-alcohol motifs (C(OH)–C–C–N with tert-alkyl or cyclic N) is 1. The number of piperazine rings is 1. The Morgan fingerprint density at radius 1 is 0.833 bits per heavy atom. The van der Waals surface area contributed by atoms with Gasteiger partial charge in [-0.2, -0.15) is 0 Å². The first-order chi connectivity index (χ1) is 17.5. The molecule has 0 bridgehead atoms. The third kappa shape index (κ3) is 5.14. The van der Waals surface area contributed by atoms with Crippen LogP contribution in [-0.4, -0.2) is 90.1 Å². The molecule has 0 saturated carbocycles. The van der Waals surface area contributed by atoms with Gasteiger partial charge in [0.25, 0.3) is 11.8 Å². The number of nitrogens with zero attached hydrogens (tertiary/aromatic N) is 3. The van der Waals surface area contributed by atoms with Crippen LogP contribution in [0.4, 0.5) is 0 Å². The van der Waals surface area contributed by atoms with Crippen molar-refractivity contribution in [3.05, 3.63) is 77.4 Å². The van der Waals surface area contributed by atoms with Crippen LogP contribution in [0, 0.1) is 0 Å². The van der Waals surface area contributed by atoms with Crippen molar-refractivity contribution in [2.24, 2.45) is 0 Å². The molecular formula is C29H33N3O4. The van der Waals surface area contributed by atoms with E-state index in [0.717, 1.165) is 49.1 Å². The number of carbonyl (C=O) groups is 2. The minimum atomic E-state index is -0.561. The summed E-state index contributed by atoms with van der Waals surface area (Å²) in [5.41, 5.74) is 2.46. The van der Waals surface area contributed by atoms with Crippen LogP contribution >= 0.6 is 0 Å². The van der Waals surface area contributed by atoms with Gasteiger partial charge in [0.1, 0.15) is 18.5 Å². The monoisotopic (exact) mass is 487 g/mol. The summed E-state index contributed by atoms with van der Waals surface area (Å²) in [5, 5.41) is 12.1. The molecule has 1 N–H and O–H groups in total. The topological polar surface area (TPSA) is 73.3 Å². The molecule has 7 heteroatoms. The molecule has 1 saturated heterocycles. The van der Waals surface area contributed by atoms with Crippen molar-refractivity contribution in [2.45, 2.75) is 19.4 Å². The number of hydrogen-bond acceptors (Lipinski definition) is 6. The first-order valence-corrected chi connectivity index (χ1v) is 12.8. The zero-order valence-electron chi connectivity index (χ0n) is 20.7. The molecule has 2 heterocycles. The summed E-state index contributed by atoms with van der Waals surface area (Å²) in [7, 11) is 0. The van der Waals surface area contributed by atoms with Crippen LogP contribution in [0.2, 0.25) is 0 Å². The van der Waals surface area contributed by atoms with Gasteiger partial charge in [-0.3, -0.25) is 24.3 Å². The zero-order valence-corrected chi connectivity index (χ0v) is 20.7. The summed E-state index contributed by atoms with van der Waals surface area (Å²) < 4.78 is 5.75. The first kappa shape index (κ1) is 24.4. The number of hydrogen-bond donors (Lipinski definition) is 1. The molecule has 1 unspecified atom stereocenters. The molecule has 3 aromatic carbocycles. The Hall–Kier alpha value is -3.26. The number of rotatable bonds is 9. The van der Waals surface area contributed by atoms with Crippen LogP contribution in [0.15, 0.2) is 60.7 Å². The van der Waals surface area contributed by atoms with E-state index < -0.39 is 6.10 Å². The van der Waals surface area contributed by atoms with E-state index in [0.29, 0.717) is 30.8 Å². The molecule has 0 aliphatic carbocycles. The number of ether oxygens (including phenoxy) is 1. The lowest BCUT2D eigenvalue weighted by Crippen LogP contribution is -2.51. The average Bonchev–Trinajstić information content (AvgIpc) is 2.91. The lowest BCUT2D eigenvalue weighted by molar-refractivity contribution is 0.0416. The Balaban J connectivity index is 1.08. The lowest BCUT2D eigenvalue weighted by Gasteiger charge is -2.36. The van der Waals surface area contributed by atoms with Crippen LogP contribution in [0.1, 0.15) is 33.2 Å². The quantitative estimate of drug-likeness (QED) is 0.468. The van der Waals surface area contributed by atoms with Gasteiger partial charge in [0.05, 0.1) is 0 Å². The Morgan fingerprint density at radius 3 is 2.06 bits per heavy atom. The smallest absolute Gasteiger partial charge is 0.261 e. The lowest BCUT2D eigenvalue weighted by atomic mass is 9.94. The summed E-state index contributed by atoms with van der Waals surface area (Å²) in [6.07, 6.45) is 0.429. The van der Waals surface area contributed by atoms with Gasteiger partial charge in [0, 0.05) is 62.3 Å². The molecule has 7 nitrogen and oxygen atoms in total. The van der Waals surface area contributed by atoms with E-state index in [4.69, 9.17) is 4.74 Å². The maximum Gasteiger partial charge on any atom is 0.261 e. The fourth-order valence-electron chi connectivity index (χ4n) is 5.08. The maximum atomic E-state index is 13.1. The second-order valence-electron chi connectivity index (χ2n) is 9.58. The van der Waals surface area contributed by atoms with Crippen LogP contribution in [0.3, 0.4) is 0 Å². The molecule has 3 aromatic rings. The number of aliphatic hydroxyl groups excluding tert-OH is 1. The number of benzene rings is 3. The number of aliphatic hydroxyl groups is 1. The zero-order chi connectivity index (χ0) is 25.1. The van der Waals surface area contributed by atoms with E-state index in [-0.39, 0.29) is 18.4 Å². The Bertz CT molecular complexity index is 1180. The SMILES string of the molecule is CCc1ccc(OCC(O)CN2CCN(CCN3C(=O)c4cccc5cccc(c45)C3=O)CC2)cc1. The number of aryl methyl sites for hydroxylation is 1. The molecule has 2 aliphatic rings. The average molecular weight is 488 g/mol. The third-order valence-corrected chi connectivity index (χ3v) is 7.20. The predicted octanol–water partition coefficient (Wildman–Crippen LogP) is 3.06. The van der Waals surface area contributed by atoms with E-state index in [1.807, 2.05) is 60.7 Å². The summed E-state index contributed by atoms with van der Waals surface area (Å²) in [5.74, 6) is 0.350. The molecule has 1 atom stereocenters. The number of imide groups is 1. The van der Waals surface area contributed by atoms with Gasteiger partial charge in [0.2, 0.25) is 0 Å². The Labute approximate surface area is 211 Å². The molecule has 188 valence electrons. The van der Waals surface area contributed by atoms with Crippen LogP contribution in [0.5, 0.6) is 5.75 Å².